The molecule has 1 amide bonds. The molecule has 1 aliphatic rings. The topological polar surface area (TPSA) is 71.2 Å². The number of benzene rings is 1. The number of hydrogen-bond donors (Lipinski definition) is 2. The summed E-state index contributed by atoms with van der Waals surface area (Å²) >= 11 is 6.18. The number of anilines is 2. The van der Waals surface area contributed by atoms with Crippen molar-refractivity contribution in [3.8, 4) is 0 Å². The number of amides is 1. The van der Waals surface area contributed by atoms with Gasteiger partial charge in [0.2, 0.25) is 5.91 Å². The Kier molecular flexibility index (Phi) is 4.67. The van der Waals surface area contributed by atoms with Crippen LogP contribution in [0.3, 0.4) is 0 Å². The largest absolute Gasteiger partial charge is 0.399 e. The van der Waals surface area contributed by atoms with E-state index in [9.17, 15) is 4.79 Å². The van der Waals surface area contributed by atoms with Crippen molar-refractivity contribution in [2.24, 2.45) is 0 Å². The van der Waals surface area contributed by atoms with E-state index in [0.717, 1.165) is 30.9 Å². The molecule has 1 saturated heterocycles. The summed E-state index contributed by atoms with van der Waals surface area (Å²) in [5.41, 5.74) is 7.31. The fourth-order valence-corrected chi connectivity index (χ4v) is 3.02. The average Bonchev–Trinajstić information content (AvgIpc) is 2.98. The maximum absolute atomic E-state index is 12.2. The van der Waals surface area contributed by atoms with Crippen molar-refractivity contribution < 1.29 is 4.79 Å². The molecule has 1 aromatic heterocycles. The summed E-state index contributed by atoms with van der Waals surface area (Å²) in [6.45, 7) is 1.56. The van der Waals surface area contributed by atoms with Crippen LogP contribution in [0.2, 0.25) is 5.02 Å². The van der Waals surface area contributed by atoms with Gasteiger partial charge in [-0.1, -0.05) is 23.7 Å². The van der Waals surface area contributed by atoms with Crippen molar-refractivity contribution in [2.45, 2.75) is 18.9 Å². The highest BCUT2D eigenvalue weighted by Gasteiger charge is 2.25. The number of nitrogen functional groups attached to an aromatic ring is 1. The minimum absolute atomic E-state index is 0.0220. The first kappa shape index (κ1) is 15.6. The van der Waals surface area contributed by atoms with Crippen molar-refractivity contribution in [2.75, 3.05) is 23.7 Å². The maximum atomic E-state index is 12.2. The second-order valence-corrected chi connectivity index (χ2v) is 6.13. The van der Waals surface area contributed by atoms with Gasteiger partial charge in [0, 0.05) is 31.0 Å². The third-order valence-corrected chi connectivity index (χ3v) is 4.23. The van der Waals surface area contributed by atoms with Crippen LogP contribution < -0.4 is 16.0 Å². The monoisotopic (exact) mass is 330 g/mol. The summed E-state index contributed by atoms with van der Waals surface area (Å²) in [5, 5.41) is 3.72. The third-order valence-electron chi connectivity index (χ3n) is 3.94. The van der Waals surface area contributed by atoms with Crippen LogP contribution in [0.25, 0.3) is 0 Å². The smallest absolute Gasteiger partial charge is 0.224 e. The van der Waals surface area contributed by atoms with Crippen molar-refractivity contribution >= 4 is 29.0 Å². The Hall–Kier alpha value is -2.27. The number of carbonyl (C=O) groups excluding carboxylic acids is 1. The van der Waals surface area contributed by atoms with Crippen LogP contribution in [0, 0.1) is 0 Å². The standard InChI is InChI=1S/C17H19ClN4O/c18-15-2-1-8-20-17(15)22-9-7-14(11-22)21-16(23)10-12-3-5-13(19)6-4-12/h1-6,8,14H,7,9-11,19H2,(H,21,23). The molecule has 1 fully saturated rings. The number of halogens is 1. The van der Waals surface area contributed by atoms with Gasteiger partial charge in [-0.05, 0) is 36.2 Å². The van der Waals surface area contributed by atoms with Gasteiger partial charge in [0.25, 0.3) is 0 Å². The number of carbonyl (C=O) groups is 1. The van der Waals surface area contributed by atoms with E-state index < -0.39 is 0 Å². The van der Waals surface area contributed by atoms with E-state index in [0.29, 0.717) is 17.1 Å². The lowest BCUT2D eigenvalue weighted by Crippen LogP contribution is -2.38. The maximum Gasteiger partial charge on any atom is 0.224 e. The van der Waals surface area contributed by atoms with Crippen LogP contribution in [-0.2, 0) is 11.2 Å². The molecule has 3 rings (SSSR count). The van der Waals surface area contributed by atoms with Crippen LogP contribution in [-0.4, -0.2) is 30.0 Å². The quantitative estimate of drug-likeness (QED) is 0.843. The third kappa shape index (κ3) is 3.93. The molecule has 6 heteroatoms. The molecule has 2 aromatic rings. The number of pyridine rings is 1. The number of nitrogens with zero attached hydrogens (tertiary/aromatic N) is 2. The zero-order valence-corrected chi connectivity index (χ0v) is 13.5. The predicted octanol–water partition coefficient (Wildman–Crippen LogP) is 2.25. The van der Waals surface area contributed by atoms with E-state index in [1.165, 1.54) is 0 Å². The molecule has 23 heavy (non-hydrogen) atoms. The van der Waals surface area contributed by atoms with Gasteiger partial charge < -0.3 is 16.0 Å². The summed E-state index contributed by atoms with van der Waals surface area (Å²) < 4.78 is 0. The van der Waals surface area contributed by atoms with Crippen molar-refractivity contribution in [1.82, 2.24) is 10.3 Å². The zero-order chi connectivity index (χ0) is 16.2. The molecule has 120 valence electrons. The molecule has 1 aromatic carbocycles. The van der Waals surface area contributed by atoms with Crippen LogP contribution in [0.1, 0.15) is 12.0 Å². The SMILES string of the molecule is Nc1ccc(CC(=O)NC2CCN(c3ncccc3Cl)C2)cc1. The van der Waals surface area contributed by atoms with Gasteiger partial charge in [0.1, 0.15) is 5.82 Å². The number of nitrogens with one attached hydrogen (secondary N) is 1. The summed E-state index contributed by atoms with van der Waals surface area (Å²) in [6, 6.07) is 11.1. The lowest BCUT2D eigenvalue weighted by Gasteiger charge is -2.19. The Morgan fingerprint density at radius 1 is 1.35 bits per heavy atom. The summed E-state index contributed by atoms with van der Waals surface area (Å²) in [5.74, 6) is 0.804. The summed E-state index contributed by atoms with van der Waals surface area (Å²) in [7, 11) is 0. The molecular weight excluding hydrogens is 312 g/mol. The Bertz CT molecular complexity index is 689. The molecule has 1 aliphatic heterocycles. The molecule has 0 saturated carbocycles. The van der Waals surface area contributed by atoms with E-state index in [1.54, 1.807) is 6.20 Å². The lowest BCUT2D eigenvalue weighted by molar-refractivity contribution is -0.121. The molecule has 5 nitrogen and oxygen atoms in total. The molecule has 3 N–H and O–H groups in total. The fraction of sp³-hybridized carbons (Fsp3) is 0.294. The van der Waals surface area contributed by atoms with Crippen molar-refractivity contribution in [1.29, 1.82) is 0 Å². The molecule has 1 atom stereocenters. The van der Waals surface area contributed by atoms with Crippen molar-refractivity contribution in [3.05, 3.63) is 53.2 Å². The summed E-state index contributed by atoms with van der Waals surface area (Å²) in [6.07, 6.45) is 2.98. The van der Waals surface area contributed by atoms with Gasteiger partial charge in [0.05, 0.1) is 11.4 Å². The van der Waals surface area contributed by atoms with Crippen LogP contribution >= 0.6 is 11.6 Å². The van der Waals surface area contributed by atoms with Gasteiger partial charge in [-0.3, -0.25) is 4.79 Å². The second-order valence-electron chi connectivity index (χ2n) is 5.73. The first-order valence-electron chi connectivity index (χ1n) is 7.61. The van der Waals surface area contributed by atoms with E-state index in [1.807, 2.05) is 36.4 Å². The van der Waals surface area contributed by atoms with E-state index in [4.69, 9.17) is 17.3 Å². The summed E-state index contributed by atoms with van der Waals surface area (Å²) in [4.78, 5) is 18.6. The average molecular weight is 331 g/mol. The van der Waals surface area contributed by atoms with Gasteiger partial charge in [-0.15, -0.1) is 0 Å². The van der Waals surface area contributed by atoms with Gasteiger partial charge >= 0.3 is 0 Å². The molecule has 0 aliphatic carbocycles. The first-order valence-corrected chi connectivity index (χ1v) is 7.99. The van der Waals surface area contributed by atoms with Crippen LogP contribution in [0.5, 0.6) is 0 Å². The van der Waals surface area contributed by atoms with Crippen LogP contribution in [0.15, 0.2) is 42.6 Å². The minimum atomic E-state index is 0.0220. The Balaban J connectivity index is 1.54. The normalized spacial score (nSPS) is 17.3. The van der Waals surface area contributed by atoms with E-state index in [-0.39, 0.29) is 11.9 Å². The molecule has 0 bridgehead atoms. The van der Waals surface area contributed by atoms with E-state index >= 15 is 0 Å². The molecule has 0 spiro atoms. The second kappa shape index (κ2) is 6.87. The van der Waals surface area contributed by atoms with E-state index in [2.05, 4.69) is 15.2 Å². The van der Waals surface area contributed by atoms with Gasteiger partial charge in [0.15, 0.2) is 0 Å². The minimum Gasteiger partial charge on any atom is -0.399 e. The Morgan fingerprint density at radius 2 is 2.13 bits per heavy atom. The van der Waals surface area contributed by atoms with Gasteiger partial charge in [-0.2, -0.15) is 0 Å². The molecule has 1 unspecified atom stereocenters. The van der Waals surface area contributed by atoms with Crippen LogP contribution in [0.4, 0.5) is 11.5 Å². The highest BCUT2D eigenvalue weighted by atomic mass is 35.5. The highest BCUT2D eigenvalue weighted by Crippen LogP contribution is 2.25. The Morgan fingerprint density at radius 3 is 2.87 bits per heavy atom. The number of hydrogen-bond acceptors (Lipinski definition) is 4. The highest BCUT2D eigenvalue weighted by molar-refractivity contribution is 6.32. The number of aromatic nitrogens is 1. The lowest BCUT2D eigenvalue weighted by atomic mass is 10.1. The fourth-order valence-electron chi connectivity index (χ4n) is 2.78. The predicted molar refractivity (Wildman–Crippen MR) is 92.6 cm³/mol. The number of rotatable bonds is 4. The van der Waals surface area contributed by atoms with Gasteiger partial charge in [-0.25, -0.2) is 4.98 Å². The first-order chi connectivity index (χ1) is 11.1. The zero-order valence-electron chi connectivity index (χ0n) is 12.7. The molecular formula is C17H19ClN4O. The molecule has 2 heterocycles. The number of nitrogens with two attached hydrogens (primary N) is 1. The van der Waals surface area contributed by atoms with Crippen molar-refractivity contribution in [3.63, 3.8) is 0 Å². The Labute approximate surface area is 140 Å². The molecule has 0 radical (unpaired) electrons.